The Kier molecular flexibility index (Phi) is 8.48. The summed E-state index contributed by atoms with van der Waals surface area (Å²) >= 11 is 5.82. The molecule has 0 amide bonds. The minimum Gasteiger partial charge on any atom is -0.454 e. The molecule has 7 nitrogen and oxygen atoms in total. The number of hydrogen-bond acceptors (Lipinski definition) is 5. The van der Waals surface area contributed by atoms with Crippen molar-refractivity contribution in [2.24, 2.45) is 0 Å². The lowest BCUT2D eigenvalue weighted by Gasteiger charge is -2.27. The van der Waals surface area contributed by atoms with Crippen molar-refractivity contribution in [2.45, 2.75) is 47.2 Å². The molecule has 2 heterocycles. The van der Waals surface area contributed by atoms with Gasteiger partial charge in [-0.15, -0.1) is 0 Å². The minimum atomic E-state index is -0.0885. The Morgan fingerprint density at radius 3 is 2.61 bits per heavy atom. The van der Waals surface area contributed by atoms with Gasteiger partial charge in [-0.25, -0.2) is 0 Å². The number of thiocarbonyl (C=S) groups is 1. The van der Waals surface area contributed by atoms with Gasteiger partial charge in [0.1, 0.15) is 0 Å². The molecule has 36 heavy (non-hydrogen) atoms. The van der Waals surface area contributed by atoms with Crippen LogP contribution in [0.15, 0.2) is 41.2 Å². The van der Waals surface area contributed by atoms with Gasteiger partial charge in [-0.1, -0.05) is 31.5 Å². The van der Waals surface area contributed by atoms with Gasteiger partial charge in [-0.05, 0) is 92.9 Å². The molecular formula is C28H36N4O3S. The van der Waals surface area contributed by atoms with Crippen molar-refractivity contribution in [3.8, 4) is 11.5 Å². The molecule has 0 spiro atoms. The van der Waals surface area contributed by atoms with Crippen molar-refractivity contribution in [1.82, 2.24) is 20.1 Å². The van der Waals surface area contributed by atoms with Crippen molar-refractivity contribution in [2.75, 3.05) is 33.0 Å². The number of nitrogens with zero attached hydrogens (tertiary/aromatic N) is 2. The van der Waals surface area contributed by atoms with Crippen LogP contribution in [0.25, 0.3) is 10.9 Å². The van der Waals surface area contributed by atoms with E-state index in [-0.39, 0.29) is 12.4 Å². The van der Waals surface area contributed by atoms with Crippen molar-refractivity contribution < 1.29 is 9.47 Å². The number of H-pyrrole nitrogens is 1. The second-order valence-corrected chi connectivity index (χ2v) is 9.71. The zero-order valence-electron chi connectivity index (χ0n) is 21.6. The van der Waals surface area contributed by atoms with Crippen LogP contribution in [0.4, 0.5) is 0 Å². The van der Waals surface area contributed by atoms with Gasteiger partial charge in [0.2, 0.25) is 6.79 Å². The first-order valence-electron chi connectivity index (χ1n) is 12.6. The number of fused-ring (bicyclic) bond motifs is 2. The summed E-state index contributed by atoms with van der Waals surface area (Å²) in [6.45, 7) is 13.5. The summed E-state index contributed by atoms with van der Waals surface area (Å²) < 4.78 is 11.0. The van der Waals surface area contributed by atoms with E-state index >= 15 is 0 Å². The first-order valence-corrected chi connectivity index (χ1v) is 13.1. The Morgan fingerprint density at radius 1 is 1.06 bits per heavy atom. The lowest BCUT2D eigenvalue weighted by molar-refractivity contribution is 0.174. The molecule has 192 valence electrons. The van der Waals surface area contributed by atoms with Crippen molar-refractivity contribution >= 4 is 28.2 Å². The zero-order valence-corrected chi connectivity index (χ0v) is 22.5. The monoisotopic (exact) mass is 508 g/mol. The number of aryl methyl sites for hydroxylation is 2. The minimum absolute atomic E-state index is 0.0885. The summed E-state index contributed by atoms with van der Waals surface area (Å²) in [5, 5.41) is 5.08. The second kappa shape index (κ2) is 11.8. The number of rotatable bonds is 10. The Morgan fingerprint density at radius 2 is 1.83 bits per heavy atom. The largest absolute Gasteiger partial charge is 0.454 e. The Hall–Kier alpha value is -3.10. The van der Waals surface area contributed by atoms with Gasteiger partial charge < -0.3 is 29.6 Å². The van der Waals surface area contributed by atoms with E-state index < -0.39 is 0 Å². The number of nitrogens with one attached hydrogen (secondary N) is 2. The lowest BCUT2D eigenvalue weighted by Crippen LogP contribution is -2.41. The van der Waals surface area contributed by atoms with Gasteiger partial charge in [-0.3, -0.25) is 4.79 Å². The smallest absolute Gasteiger partial charge is 0.253 e. The molecule has 0 saturated heterocycles. The first kappa shape index (κ1) is 26.0. The van der Waals surface area contributed by atoms with Crippen LogP contribution in [0.5, 0.6) is 11.5 Å². The van der Waals surface area contributed by atoms with Gasteiger partial charge in [0.05, 0.1) is 12.1 Å². The Balaban J connectivity index is 1.55. The molecule has 0 unspecified atom stereocenters. The molecule has 0 saturated carbocycles. The molecule has 0 radical (unpaired) electrons. The highest BCUT2D eigenvalue weighted by molar-refractivity contribution is 7.80. The quantitative estimate of drug-likeness (QED) is 0.309. The number of aromatic amines is 1. The van der Waals surface area contributed by atoms with Crippen LogP contribution in [-0.4, -0.2) is 52.9 Å². The van der Waals surface area contributed by atoms with Gasteiger partial charge in [0.25, 0.3) is 5.56 Å². The number of pyridine rings is 1. The zero-order chi connectivity index (χ0) is 25.7. The fraction of sp³-hybridized carbons (Fsp3) is 0.429. The molecule has 0 aliphatic carbocycles. The lowest BCUT2D eigenvalue weighted by atomic mass is 10.0. The highest BCUT2D eigenvalue weighted by atomic mass is 32.1. The van der Waals surface area contributed by atoms with Gasteiger partial charge in [0, 0.05) is 18.7 Å². The third-order valence-corrected chi connectivity index (χ3v) is 7.05. The highest BCUT2D eigenvalue weighted by Crippen LogP contribution is 2.33. The number of aromatic nitrogens is 1. The van der Waals surface area contributed by atoms with Gasteiger partial charge >= 0.3 is 0 Å². The topological polar surface area (TPSA) is 69.8 Å². The van der Waals surface area contributed by atoms with Crippen LogP contribution in [0, 0.1) is 13.8 Å². The van der Waals surface area contributed by atoms with E-state index in [4.69, 9.17) is 21.7 Å². The number of hydrogen-bond donors (Lipinski definition) is 2. The van der Waals surface area contributed by atoms with E-state index in [1.807, 2.05) is 36.1 Å². The molecule has 1 aromatic heterocycles. The molecule has 3 aromatic rings. The van der Waals surface area contributed by atoms with E-state index in [9.17, 15) is 4.79 Å². The summed E-state index contributed by atoms with van der Waals surface area (Å²) in [5.74, 6) is 1.49. The summed E-state index contributed by atoms with van der Waals surface area (Å²) in [5.41, 5.74) is 4.75. The van der Waals surface area contributed by atoms with Crippen LogP contribution in [0.3, 0.4) is 0 Å². The summed E-state index contributed by atoms with van der Waals surface area (Å²) in [4.78, 5) is 20.6. The maximum absolute atomic E-state index is 13.0. The average Bonchev–Trinajstić information content (AvgIpc) is 3.32. The molecule has 0 bridgehead atoms. The number of ether oxygens (including phenoxy) is 2. The third kappa shape index (κ3) is 6.17. The molecular weight excluding hydrogens is 472 g/mol. The maximum Gasteiger partial charge on any atom is 0.253 e. The van der Waals surface area contributed by atoms with Crippen molar-refractivity contribution in [1.29, 1.82) is 0 Å². The Bertz CT molecular complexity index is 1290. The molecule has 0 atom stereocenters. The number of benzene rings is 2. The van der Waals surface area contributed by atoms with Gasteiger partial charge in [-0.2, -0.15) is 0 Å². The van der Waals surface area contributed by atoms with Crippen LogP contribution in [-0.2, 0) is 13.1 Å². The summed E-state index contributed by atoms with van der Waals surface area (Å²) in [6.07, 6.45) is 0.995. The van der Waals surface area contributed by atoms with E-state index in [2.05, 4.69) is 48.1 Å². The fourth-order valence-corrected chi connectivity index (χ4v) is 4.90. The standard InChI is InChI=1S/C28H36N4O3S/c1-5-31(6-2)11-7-10-29-28(36)32(16-21-8-9-24-25(14-21)35-18-34-24)17-23-15-22-13-19(3)12-20(4)26(22)30-27(23)33/h8-9,12-15H,5-7,10-11,16-18H2,1-4H3,(H,29,36)(H,30,33). The average molecular weight is 509 g/mol. The molecule has 1 aliphatic rings. The molecule has 2 N–H and O–H groups in total. The van der Waals surface area contributed by atoms with Crippen molar-refractivity contribution in [3.05, 3.63) is 69.0 Å². The first-order chi connectivity index (χ1) is 17.4. The van der Waals surface area contributed by atoms with E-state index in [1.165, 1.54) is 5.56 Å². The van der Waals surface area contributed by atoms with Gasteiger partial charge in [0.15, 0.2) is 16.6 Å². The van der Waals surface area contributed by atoms with Crippen LogP contribution < -0.4 is 20.3 Å². The maximum atomic E-state index is 13.0. The van der Waals surface area contributed by atoms with Crippen molar-refractivity contribution in [3.63, 3.8) is 0 Å². The summed E-state index contributed by atoms with van der Waals surface area (Å²) in [6, 6.07) is 12.1. The summed E-state index contributed by atoms with van der Waals surface area (Å²) in [7, 11) is 0. The Labute approximate surface area is 218 Å². The fourth-order valence-electron chi connectivity index (χ4n) is 4.66. The SMILES string of the molecule is CCN(CC)CCCNC(=S)N(Cc1ccc2c(c1)OCO2)Cc1cc2cc(C)cc(C)c2[nH]c1=O. The molecule has 0 fully saturated rings. The van der Waals surface area contributed by atoms with E-state index in [0.29, 0.717) is 23.8 Å². The molecule has 4 rings (SSSR count). The predicted octanol–water partition coefficient (Wildman–Crippen LogP) is 4.48. The normalized spacial score (nSPS) is 12.4. The highest BCUT2D eigenvalue weighted by Gasteiger charge is 2.18. The van der Waals surface area contributed by atoms with E-state index in [1.54, 1.807) is 0 Å². The second-order valence-electron chi connectivity index (χ2n) is 9.33. The van der Waals surface area contributed by atoms with Crippen LogP contribution in [0.1, 0.15) is 42.5 Å². The molecule has 8 heteroatoms. The predicted molar refractivity (Wildman–Crippen MR) is 149 cm³/mol. The van der Waals surface area contributed by atoms with Crippen LogP contribution in [0.2, 0.25) is 0 Å². The van der Waals surface area contributed by atoms with Crippen LogP contribution >= 0.6 is 12.2 Å². The molecule has 2 aromatic carbocycles. The van der Waals surface area contributed by atoms with E-state index in [0.717, 1.165) is 66.1 Å². The molecule has 1 aliphatic heterocycles. The third-order valence-electron chi connectivity index (χ3n) is 6.65.